The minimum Gasteiger partial charge on any atom is -0.348 e. The summed E-state index contributed by atoms with van der Waals surface area (Å²) in [5.74, 6) is -0.694. The fourth-order valence-electron chi connectivity index (χ4n) is 2.56. The molecule has 0 bridgehead atoms. The van der Waals surface area contributed by atoms with Gasteiger partial charge in [0, 0.05) is 39.1 Å². The molecular weight excluding hydrogens is 534 g/mol. The molecule has 0 saturated heterocycles. The normalized spacial score (nSPS) is 12.9. The average Bonchev–Trinajstić information content (AvgIpc) is 3.01. The van der Waals surface area contributed by atoms with Crippen LogP contribution in [-0.2, 0) is 22.9 Å². The van der Waals surface area contributed by atoms with Crippen molar-refractivity contribution in [1.82, 2.24) is 10.3 Å². The standard InChI is InChI=1S/C17H11BrF5N2O4PS/c18-13-11-4-9(1-2-12(11)31-14(13)17(22,23)30(27,28)29)15(26)25-6-8-3-10(7-24-5-8)16(19,20)21/h1-5,7H,6H2,(H,25,26)(H2,27,28,29). The molecule has 0 aliphatic rings. The molecule has 1 amide bonds. The second-order valence-electron chi connectivity index (χ2n) is 6.30. The van der Waals surface area contributed by atoms with E-state index in [-0.39, 0.29) is 32.2 Å². The van der Waals surface area contributed by atoms with Gasteiger partial charge in [-0.2, -0.15) is 22.0 Å². The Morgan fingerprint density at radius 3 is 2.45 bits per heavy atom. The maximum absolute atomic E-state index is 14.1. The van der Waals surface area contributed by atoms with E-state index < -0.39 is 35.8 Å². The van der Waals surface area contributed by atoms with Crippen molar-refractivity contribution in [3.63, 3.8) is 0 Å². The summed E-state index contributed by atoms with van der Waals surface area (Å²) in [6, 6.07) is 4.69. The van der Waals surface area contributed by atoms with Crippen LogP contribution in [-0.4, -0.2) is 20.7 Å². The maximum atomic E-state index is 14.1. The molecule has 0 radical (unpaired) electrons. The highest BCUT2D eigenvalue weighted by molar-refractivity contribution is 9.10. The number of carbonyl (C=O) groups excluding carboxylic acids is 1. The van der Waals surface area contributed by atoms with Gasteiger partial charge in [0.25, 0.3) is 5.91 Å². The van der Waals surface area contributed by atoms with Crippen LogP contribution in [0.1, 0.15) is 26.4 Å². The Hall–Kier alpha value is -1.92. The molecule has 0 fully saturated rings. The zero-order chi connectivity index (χ0) is 23.2. The van der Waals surface area contributed by atoms with Crippen LogP contribution in [0.5, 0.6) is 0 Å². The Bertz CT molecular complexity index is 1210. The Balaban J connectivity index is 1.85. The lowest BCUT2D eigenvalue weighted by molar-refractivity contribution is -0.137. The zero-order valence-electron chi connectivity index (χ0n) is 15.0. The molecule has 2 heterocycles. The van der Waals surface area contributed by atoms with Gasteiger partial charge in [-0.1, -0.05) is 0 Å². The number of hydrogen-bond donors (Lipinski definition) is 3. The second kappa shape index (κ2) is 8.21. The van der Waals surface area contributed by atoms with Gasteiger partial charge >= 0.3 is 19.4 Å². The molecule has 0 aliphatic carbocycles. The molecule has 166 valence electrons. The molecule has 0 aliphatic heterocycles. The third kappa shape index (κ3) is 4.80. The van der Waals surface area contributed by atoms with Crippen molar-refractivity contribution in [3.05, 3.63) is 62.7 Å². The molecular formula is C17H11BrF5N2O4PS. The summed E-state index contributed by atoms with van der Waals surface area (Å²) in [6.45, 7) is -0.264. The first kappa shape index (κ1) is 23.7. The van der Waals surface area contributed by atoms with Gasteiger partial charge in [-0.3, -0.25) is 14.3 Å². The van der Waals surface area contributed by atoms with Gasteiger partial charge in [0.15, 0.2) is 0 Å². The van der Waals surface area contributed by atoms with Gasteiger partial charge in [-0.25, -0.2) is 0 Å². The number of carbonyl (C=O) groups is 1. The van der Waals surface area contributed by atoms with Crippen LogP contribution in [0.2, 0.25) is 0 Å². The molecule has 2 aromatic heterocycles. The summed E-state index contributed by atoms with van der Waals surface area (Å²) in [6.07, 6.45) is -2.78. The fraction of sp³-hybridized carbons (Fsp3) is 0.176. The molecule has 31 heavy (non-hydrogen) atoms. The van der Waals surface area contributed by atoms with E-state index in [0.29, 0.717) is 17.5 Å². The molecule has 14 heteroatoms. The van der Waals surface area contributed by atoms with E-state index >= 15 is 0 Å². The number of benzene rings is 1. The monoisotopic (exact) mass is 544 g/mol. The number of thiophene rings is 1. The Morgan fingerprint density at radius 2 is 1.84 bits per heavy atom. The second-order valence-corrected chi connectivity index (χ2v) is 9.80. The van der Waals surface area contributed by atoms with E-state index in [2.05, 4.69) is 26.2 Å². The van der Waals surface area contributed by atoms with E-state index in [4.69, 9.17) is 9.79 Å². The molecule has 3 N–H and O–H groups in total. The third-order valence-electron chi connectivity index (χ3n) is 4.10. The first-order valence-electron chi connectivity index (χ1n) is 8.17. The number of nitrogens with one attached hydrogen (secondary N) is 1. The number of fused-ring (bicyclic) bond motifs is 1. The molecule has 3 aromatic rings. The van der Waals surface area contributed by atoms with Crippen LogP contribution in [0.4, 0.5) is 22.0 Å². The van der Waals surface area contributed by atoms with Gasteiger partial charge in [0.2, 0.25) is 0 Å². The van der Waals surface area contributed by atoms with Crippen LogP contribution in [0, 0.1) is 0 Å². The highest BCUT2D eigenvalue weighted by Gasteiger charge is 2.53. The number of halogens is 6. The van der Waals surface area contributed by atoms with Crippen molar-refractivity contribution in [1.29, 1.82) is 0 Å². The summed E-state index contributed by atoms with van der Waals surface area (Å²) >= 11 is 3.36. The molecule has 0 spiro atoms. The first-order valence-corrected chi connectivity index (χ1v) is 11.4. The number of rotatable bonds is 5. The van der Waals surface area contributed by atoms with E-state index in [9.17, 15) is 31.3 Å². The number of pyridine rings is 1. The van der Waals surface area contributed by atoms with E-state index in [1.807, 2.05) is 0 Å². The molecule has 0 atom stereocenters. The summed E-state index contributed by atoms with van der Waals surface area (Å²) in [4.78, 5) is 32.9. The minimum atomic E-state index is -5.78. The van der Waals surface area contributed by atoms with Gasteiger partial charge in [-0.05, 0) is 45.8 Å². The Kier molecular flexibility index (Phi) is 6.29. The molecule has 3 rings (SSSR count). The van der Waals surface area contributed by atoms with Gasteiger partial charge in [-0.15, -0.1) is 11.3 Å². The smallest absolute Gasteiger partial charge is 0.348 e. The molecule has 0 saturated carbocycles. The maximum Gasteiger partial charge on any atom is 0.417 e. The van der Waals surface area contributed by atoms with Crippen molar-refractivity contribution in [2.75, 3.05) is 0 Å². The van der Waals surface area contributed by atoms with Crippen molar-refractivity contribution in [2.45, 2.75) is 18.4 Å². The minimum absolute atomic E-state index is 0.0111. The van der Waals surface area contributed by atoms with Crippen LogP contribution in [0.25, 0.3) is 10.1 Å². The number of amides is 1. The first-order chi connectivity index (χ1) is 14.2. The lowest BCUT2D eigenvalue weighted by Gasteiger charge is -2.16. The van der Waals surface area contributed by atoms with Crippen molar-refractivity contribution < 1.29 is 41.1 Å². The number of aromatic nitrogens is 1. The van der Waals surface area contributed by atoms with Crippen molar-refractivity contribution in [3.8, 4) is 0 Å². The number of hydrogen-bond acceptors (Lipinski definition) is 4. The molecule has 0 unspecified atom stereocenters. The Morgan fingerprint density at radius 1 is 1.16 bits per heavy atom. The summed E-state index contributed by atoms with van der Waals surface area (Å²) < 4.78 is 77.6. The fourth-order valence-corrected chi connectivity index (χ4v) is 5.48. The van der Waals surface area contributed by atoms with E-state index in [1.165, 1.54) is 18.2 Å². The zero-order valence-corrected chi connectivity index (χ0v) is 18.2. The van der Waals surface area contributed by atoms with E-state index in [1.54, 1.807) is 0 Å². The molecule has 6 nitrogen and oxygen atoms in total. The topological polar surface area (TPSA) is 99.5 Å². The van der Waals surface area contributed by atoms with Crippen LogP contribution in [0.3, 0.4) is 0 Å². The third-order valence-corrected chi connectivity index (χ3v) is 7.54. The highest BCUT2D eigenvalue weighted by Crippen LogP contribution is 2.62. The van der Waals surface area contributed by atoms with Crippen molar-refractivity contribution >= 4 is 50.9 Å². The summed E-state index contributed by atoms with van der Waals surface area (Å²) in [5, 5.41) is 2.53. The number of nitrogens with zero attached hydrogens (tertiary/aromatic N) is 1. The predicted molar refractivity (Wildman–Crippen MR) is 106 cm³/mol. The van der Waals surface area contributed by atoms with Gasteiger partial charge in [0.1, 0.15) is 4.88 Å². The van der Waals surface area contributed by atoms with Gasteiger partial charge in [0.05, 0.1) is 5.56 Å². The van der Waals surface area contributed by atoms with E-state index in [0.717, 1.165) is 12.3 Å². The highest BCUT2D eigenvalue weighted by atomic mass is 79.9. The number of alkyl halides is 5. The summed E-state index contributed by atoms with van der Waals surface area (Å²) in [7, 11) is -5.78. The van der Waals surface area contributed by atoms with Crippen LogP contribution < -0.4 is 5.32 Å². The van der Waals surface area contributed by atoms with Gasteiger partial charge < -0.3 is 15.1 Å². The van der Waals surface area contributed by atoms with Crippen molar-refractivity contribution in [2.24, 2.45) is 0 Å². The molecule has 1 aromatic carbocycles. The average molecular weight is 545 g/mol. The SMILES string of the molecule is O=C(NCc1cncc(C(F)(F)F)c1)c1ccc2sc(C(F)(F)P(=O)(O)O)c(Br)c2c1. The lowest BCUT2D eigenvalue weighted by atomic mass is 10.1. The van der Waals surface area contributed by atoms with Crippen LogP contribution in [0.15, 0.2) is 41.1 Å². The quantitative estimate of drug-likeness (QED) is 0.301. The summed E-state index contributed by atoms with van der Waals surface area (Å²) in [5.41, 5.74) is -5.28. The predicted octanol–water partition coefficient (Wildman–Crippen LogP) is 5.23. The Labute approximate surface area is 183 Å². The largest absolute Gasteiger partial charge is 0.417 e. The lowest BCUT2D eigenvalue weighted by Crippen LogP contribution is -2.23. The van der Waals surface area contributed by atoms with Crippen LogP contribution >= 0.6 is 34.9 Å².